The van der Waals surface area contributed by atoms with Crippen LogP contribution in [0.3, 0.4) is 0 Å². The second-order valence-corrected chi connectivity index (χ2v) is 11.5. The van der Waals surface area contributed by atoms with E-state index in [0.717, 1.165) is 12.8 Å². The van der Waals surface area contributed by atoms with E-state index in [9.17, 15) is 26.3 Å². The summed E-state index contributed by atoms with van der Waals surface area (Å²) in [6.45, 7) is 1.95. The molecule has 250 valence electrons. The molecule has 0 aliphatic heterocycles. The number of halogens is 6. The first-order valence-electron chi connectivity index (χ1n) is 12.0. The monoisotopic (exact) mass is 780 g/mol. The van der Waals surface area contributed by atoms with Crippen LogP contribution in [0, 0.1) is 27.0 Å². The van der Waals surface area contributed by atoms with Crippen LogP contribution in [0.25, 0.3) is 22.3 Å². The van der Waals surface area contributed by atoms with Crippen LogP contribution in [0.15, 0.2) is 84.9 Å². The Balaban J connectivity index is 0.000000585. The van der Waals surface area contributed by atoms with Crippen molar-refractivity contribution < 1.29 is 75.6 Å². The van der Waals surface area contributed by atoms with E-state index in [1.54, 1.807) is 23.3 Å². The van der Waals surface area contributed by atoms with Crippen LogP contribution < -0.4 is 0 Å². The van der Waals surface area contributed by atoms with Crippen molar-refractivity contribution >= 4 is 27.1 Å². The van der Waals surface area contributed by atoms with Crippen molar-refractivity contribution in [3.8, 4) is 22.3 Å². The molecule has 0 saturated heterocycles. The van der Waals surface area contributed by atoms with Gasteiger partial charge in [0.15, 0.2) is 0 Å². The fraction of sp³-hybridized carbons (Fsp3) is 0.133. The van der Waals surface area contributed by atoms with E-state index in [0.29, 0.717) is 0 Å². The second-order valence-electron chi connectivity index (χ2n) is 8.63. The number of alkyl halides is 6. The minimum absolute atomic E-state index is 0. The van der Waals surface area contributed by atoms with Gasteiger partial charge in [-0.1, -0.05) is 70.8 Å². The van der Waals surface area contributed by atoms with Crippen molar-refractivity contribution in [2.24, 2.45) is 0 Å². The van der Waals surface area contributed by atoms with Crippen molar-refractivity contribution in [1.82, 2.24) is 0 Å². The van der Waals surface area contributed by atoms with E-state index < -0.39 is 31.3 Å². The van der Waals surface area contributed by atoms with Gasteiger partial charge in [-0.3, -0.25) is 9.11 Å². The van der Waals surface area contributed by atoms with Gasteiger partial charge in [0.1, 0.15) is 0 Å². The van der Waals surface area contributed by atoms with Gasteiger partial charge < -0.3 is 14.9 Å². The smallest absolute Gasteiger partial charge is 0.0253 e. The SMILES string of the molecule is O=S(=O)(O)C(F)(F)F.O=S(=O)(O)C(F)(F)F.[CH3-].[CH3-].[SiH2]=[Zr].[c-]1cccc2c1Cc1ccccc1-2.[c-]1cccc2c1Cc1ccccc1-2. The van der Waals surface area contributed by atoms with Crippen LogP contribution in [0.1, 0.15) is 22.3 Å². The fourth-order valence-corrected chi connectivity index (χ4v) is 4.00. The molecule has 0 fully saturated rings. The molecule has 0 bridgehead atoms. The van der Waals surface area contributed by atoms with Crippen LogP contribution in [0.4, 0.5) is 26.3 Å². The van der Waals surface area contributed by atoms with Crippen molar-refractivity contribution in [3.05, 3.63) is 134 Å². The first kappa shape index (κ1) is 43.4. The van der Waals surface area contributed by atoms with Gasteiger partial charge in [0.25, 0.3) is 0 Å². The summed E-state index contributed by atoms with van der Waals surface area (Å²) in [5, 5.41) is 0. The van der Waals surface area contributed by atoms with E-state index in [1.807, 2.05) is 19.0 Å². The molecule has 6 rings (SSSR count). The van der Waals surface area contributed by atoms with Gasteiger partial charge in [0, 0.05) is 0 Å². The number of hydrogen-bond donors (Lipinski definition) is 2. The number of benzene rings is 4. The quantitative estimate of drug-likeness (QED) is 0.0572. The van der Waals surface area contributed by atoms with Crippen LogP contribution in [-0.2, 0) is 56.4 Å². The Bertz CT molecular complexity index is 1580. The minimum atomic E-state index is -5.84. The fourth-order valence-electron chi connectivity index (χ4n) is 4.00. The predicted molar refractivity (Wildman–Crippen MR) is 164 cm³/mol. The molecule has 0 amide bonds. The average Bonchev–Trinajstić information content (AvgIpc) is 3.52. The summed E-state index contributed by atoms with van der Waals surface area (Å²) < 4.78 is 115. The summed E-state index contributed by atoms with van der Waals surface area (Å²) in [7, 11) is -11.7. The summed E-state index contributed by atoms with van der Waals surface area (Å²) in [4.78, 5) is 0. The summed E-state index contributed by atoms with van der Waals surface area (Å²) in [5.74, 6) is 0. The number of fused-ring (bicyclic) bond motifs is 6. The average molecular weight is 782 g/mol. The van der Waals surface area contributed by atoms with Crippen molar-refractivity contribution in [3.63, 3.8) is 0 Å². The predicted octanol–water partition coefficient (Wildman–Crippen LogP) is 6.89. The zero-order chi connectivity index (χ0) is 33.3. The molecule has 46 heavy (non-hydrogen) atoms. The number of rotatable bonds is 0. The molecule has 0 radical (unpaired) electrons. The summed E-state index contributed by atoms with van der Waals surface area (Å²) in [6, 6.07) is 36.2. The maximum absolute atomic E-state index is 10.7. The van der Waals surface area contributed by atoms with E-state index in [4.69, 9.17) is 25.9 Å². The Labute approximate surface area is 281 Å². The topological polar surface area (TPSA) is 109 Å². The van der Waals surface area contributed by atoms with Gasteiger partial charge in [-0.05, 0) is 12.8 Å². The largest absolute Gasteiger partial charge is 0.179 e. The van der Waals surface area contributed by atoms with Crippen LogP contribution >= 0.6 is 0 Å². The Kier molecular flexibility index (Phi) is 17.0. The van der Waals surface area contributed by atoms with Gasteiger partial charge in [0.05, 0.1) is 0 Å². The molecule has 6 nitrogen and oxygen atoms in total. The molecule has 4 aromatic carbocycles. The first-order valence-corrected chi connectivity index (χ1v) is 20.8. The molecule has 16 heteroatoms. The third-order valence-electron chi connectivity index (χ3n) is 5.82. The third-order valence-corrected chi connectivity index (χ3v) is 6.99. The maximum atomic E-state index is 10.7. The van der Waals surface area contributed by atoms with Crippen molar-refractivity contribution in [2.45, 2.75) is 23.9 Å². The van der Waals surface area contributed by atoms with Crippen LogP contribution in [0.5, 0.6) is 0 Å². The molecule has 0 unspecified atom stereocenters. The zero-order valence-electron chi connectivity index (χ0n) is 24.3. The summed E-state index contributed by atoms with van der Waals surface area (Å²) in [6.07, 6.45) is 2.10. The first-order chi connectivity index (χ1) is 20.4. The Morgan fingerprint density at radius 1 is 0.565 bits per heavy atom. The molecule has 0 spiro atoms. The Morgan fingerprint density at radius 2 is 0.826 bits per heavy atom. The van der Waals surface area contributed by atoms with Gasteiger partial charge >= 0.3 is 61.5 Å². The third kappa shape index (κ3) is 11.9. The normalized spacial score (nSPS) is 11.9. The molecular formula is C30H28F6O6S2SiZr-4. The van der Waals surface area contributed by atoms with E-state index >= 15 is 0 Å². The molecule has 0 heterocycles. The van der Waals surface area contributed by atoms with E-state index in [1.165, 1.54) is 44.5 Å². The van der Waals surface area contributed by atoms with Gasteiger partial charge in [-0.15, -0.1) is 11.1 Å². The molecule has 0 aromatic heterocycles. The molecular weight excluding hydrogens is 754 g/mol. The molecule has 2 aliphatic rings. The van der Waals surface area contributed by atoms with Crippen LogP contribution in [0.2, 0.25) is 0 Å². The van der Waals surface area contributed by atoms with Gasteiger partial charge in [-0.2, -0.15) is 103 Å². The zero-order valence-corrected chi connectivity index (χ0v) is 29.8. The second kappa shape index (κ2) is 18.1. The molecule has 0 atom stereocenters. The van der Waals surface area contributed by atoms with E-state index in [2.05, 4.69) is 84.9 Å². The van der Waals surface area contributed by atoms with Crippen LogP contribution in [-0.4, -0.2) is 43.8 Å². The molecule has 0 saturated carbocycles. The Morgan fingerprint density at radius 3 is 1.11 bits per heavy atom. The maximum Gasteiger partial charge on any atom is -0.0253 e. The summed E-state index contributed by atoms with van der Waals surface area (Å²) in [5.41, 5.74) is -0.0489. The van der Waals surface area contributed by atoms with Crippen molar-refractivity contribution in [1.29, 1.82) is 0 Å². The Hall–Kier alpha value is -2.62. The summed E-state index contributed by atoms with van der Waals surface area (Å²) >= 11 is 1.58. The van der Waals surface area contributed by atoms with Crippen molar-refractivity contribution in [2.75, 3.05) is 0 Å². The molecule has 2 aliphatic carbocycles. The molecule has 4 aromatic rings. The van der Waals surface area contributed by atoms with Gasteiger partial charge in [-0.25, -0.2) is 0 Å². The standard InChI is InChI=1S/2C13H9.2CHF3O3S.2CH3.H2Si.Zr/c2*1-3-7-12-10(5-1)9-11-6-2-4-8-13(11)12;2*2-1(3,4)8(5,6)7;;;;/h2*1-5,7-8H,9H2;2*(H,5,6,7);2*1H3;1H2;/q2*-1;;;2*-1;;. The molecule has 2 N–H and O–H groups in total. The van der Waals surface area contributed by atoms with Gasteiger partial charge in [0.2, 0.25) is 0 Å². The number of hydrogen-bond acceptors (Lipinski definition) is 4. The minimum Gasteiger partial charge on any atom is -0.179 e. The van der Waals surface area contributed by atoms with E-state index in [-0.39, 0.29) is 14.9 Å².